The average molecular weight is 147 g/mol. The third-order valence-corrected chi connectivity index (χ3v) is 2.50. The highest BCUT2D eigenvalue weighted by Gasteiger charge is 2.24. The van der Waals surface area contributed by atoms with E-state index in [9.17, 15) is 13.2 Å². The fourth-order valence-corrected chi connectivity index (χ4v) is 1.25. The predicted molar refractivity (Wildman–Crippen MR) is 30.8 cm³/mol. The molecule has 0 radical (unpaired) electrons. The van der Waals surface area contributed by atoms with E-state index in [1.54, 1.807) is 0 Å². The Labute approximate surface area is 52.8 Å². The van der Waals surface area contributed by atoms with Gasteiger partial charge < -0.3 is 0 Å². The number of nitrogens with zero attached hydrogens (tertiary/aromatic N) is 1. The minimum absolute atomic E-state index is 0.491. The van der Waals surface area contributed by atoms with E-state index < -0.39 is 15.9 Å². The van der Waals surface area contributed by atoms with Crippen molar-refractivity contribution in [1.29, 1.82) is 0 Å². The molecule has 0 aromatic carbocycles. The molecule has 0 fully saturated rings. The van der Waals surface area contributed by atoms with E-state index in [0.29, 0.717) is 4.31 Å². The minimum Gasteiger partial charge on any atom is -0.269 e. The van der Waals surface area contributed by atoms with Crippen molar-refractivity contribution in [3.8, 4) is 0 Å². The summed E-state index contributed by atoms with van der Waals surface area (Å²) in [4.78, 5) is 10.4. The van der Waals surface area contributed by atoms with Gasteiger partial charge in [-0.1, -0.05) is 0 Å². The van der Waals surface area contributed by atoms with Gasteiger partial charge in [-0.2, -0.15) is 0 Å². The molecular weight excluding hydrogens is 142 g/mol. The molecule has 0 unspecified atom stereocenters. The molecule has 0 N–H and O–H groups in total. The van der Waals surface area contributed by atoms with E-state index in [2.05, 4.69) is 0 Å². The summed E-state index contributed by atoms with van der Waals surface area (Å²) in [6.07, 6.45) is 1.02. The lowest BCUT2D eigenvalue weighted by Crippen LogP contribution is -2.24. The van der Waals surface area contributed by atoms with Gasteiger partial charge in [0.15, 0.2) is 0 Å². The number of hydrogen-bond donors (Lipinski definition) is 0. The van der Waals surface area contributed by atoms with Crippen LogP contribution in [0.1, 0.15) is 0 Å². The van der Waals surface area contributed by atoms with Crippen molar-refractivity contribution in [1.82, 2.24) is 4.31 Å². The number of amides is 1. The topological polar surface area (TPSA) is 54.5 Å². The van der Waals surface area contributed by atoms with Crippen molar-refractivity contribution in [2.45, 2.75) is 0 Å². The third kappa shape index (κ3) is 0.829. The molecule has 1 aliphatic rings. The monoisotopic (exact) mass is 147 g/mol. The van der Waals surface area contributed by atoms with E-state index in [0.717, 1.165) is 11.5 Å². The van der Waals surface area contributed by atoms with Crippen molar-refractivity contribution < 1.29 is 13.2 Å². The summed E-state index contributed by atoms with van der Waals surface area (Å²) >= 11 is 0. The zero-order valence-electron chi connectivity index (χ0n) is 4.73. The SMILES string of the molecule is CN1C(=O)C=CS1(=O)=O. The van der Waals surface area contributed by atoms with E-state index in [1.807, 2.05) is 0 Å². The molecule has 50 valence electrons. The molecule has 1 rings (SSSR count). The second-order valence-electron chi connectivity index (χ2n) is 1.65. The van der Waals surface area contributed by atoms with Crippen molar-refractivity contribution in [2.75, 3.05) is 7.05 Å². The zero-order chi connectivity index (χ0) is 7.07. The van der Waals surface area contributed by atoms with E-state index in [4.69, 9.17) is 0 Å². The van der Waals surface area contributed by atoms with E-state index >= 15 is 0 Å². The molecule has 0 bridgehead atoms. The molecule has 0 atom stereocenters. The Morgan fingerprint density at radius 3 is 2.22 bits per heavy atom. The van der Waals surface area contributed by atoms with Crippen LogP contribution in [-0.4, -0.2) is 25.7 Å². The Morgan fingerprint density at radius 1 is 1.56 bits per heavy atom. The van der Waals surface area contributed by atoms with Gasteiger partial charge in [-0.3, -0.25) is 4.79 Å². The maximum atomic E-state index is 10.6. The van der Waals surface area contributed by atoms with Crippen LogP contribution in [0.3, 0.4) is 0 Å². The first-order chi connectivity index (χ1) is 4.04. The van der Waals surface area contributed by atoms with E-state index in [-0.39, 0.29) is 0 Å². The number of carbonyl (C=O) groups excluding carboxylic acids is 1. The van der Waals surface area contributed by atoms with Crippen molar-refractivity contribution >= 4 is 15.9 Å². The van der Waals surface area contributed by atoms with Gasteiger partial charge in [0, 0.05) is 13.1 Å². The predicted octanol–water partition coefficient (Wildman–Crippen LogP) is -0.698. The van der Waals surface area contributed by atoms with Crippen LogP contribution in [0.4, 0.5) is 0 Å². The molecular formula is C4H5NO3S. The van der Waals surface area contributed by atoms with Gasteiger partial charge in [-0.25, -0.2) is 12.7 Å². The Bertz CT molecular complexity index is 264. The summed E-state index contributed by atoms with van der Waals surface area (Å²) in [6.45, 7) is 0. The first kappa shape index (κ1) is 6.28. The number of likely N-dealkylation sites (N-methyl/N-ethyl adjacent to an activating group) is 1. The second kappa shape index (κ2) is 1.57. The first-order valence-corrected chi connectivity index (χ1v) is 3.75. The minimum atomic E-state index is -3.37. The van der Waals surface area contributed by atoms with Crippen LogP contribution >= 0.6 is 0 Å². The van der Waals surface area contributed by atoms with Crippen LogP contribution in [0.25, 0.3) is 0 Å². The maximum absolute atomic E-state index is 10.6. The second-order valence-corrected chi connectivity index (χ2v) is 3.50. The molecule has 0 spiro atoms. The lowest BCUT2D eigenvalue weighted by atomic mass is 10.6. The van der Waals surface area contributed by atoms with Gasteiger partial charge in [0.2, 0.25) is 0 Å². The highest BCUT2D eigenvalue weighted by Crippen LogP contribution is 2.07. The summed E-state index contributed by atoms with van der Waals surface area (Å²) in [6, 6.07) is 0. The molecule has 5 heteroatoms. The molecule has 1 heterocycles. The molecule has 1 aliphatic heterocycles. The van der Waals surface area contributed by atoms with Crippen LogP contribution in [0.2, 0.25) is 0 Å². The van der Waals surface area contributed by atoms with Gasteiger partial charge in [0.25, 0.3) is 15.9 Å². The summed E-state index contributed by atoms with van der Waals surface area (Å²) in [5.74, 6) is -0.491. The van der Waals surface area contributed by atoms with Gasteiger partial charge in [0.05, 0.1) is 5.41 Å². The number of sulfonamides is 1. The average Bonchev–Trinajstić information content (AvgIpc) is 1.97. The van der Waals surface area contributed by atoms with Crippen LogP contribution in [0.5, 0.6) is 0 Å². The van der Waals surface area contributed by atoms with Gasteiger partial charge in [0.1, 0.15) is 0 Å². The highest BCUT2D eigenvalue weighted by molar-refractivity contribution is 7.93. The van der Waals surface area contributed by atoms with E-state index in [1.165, 1.54) is 7.05 Å². The fraction of sp³-hybridized carbons (Fsp3) is 0.250. The van der Waals surface area contributed by atoms with Gasteiger partial charge in [-0.15, -0.1) is 0 Å². The summed E-state index contributed by atoms with van der Waals surface area (Å²) in [7, 11) is -2.15. The lowest BCUT2D eigenvalue weighted by molar-refractivity contribution is -0.120. The summed E-state index contributed by atoms with van der Waals surface area (Å²) in [5, 5.41) is 0.884. The van der Waals surface area contributed by atoms with Crippen molar-refractivity contribution in [3.05, 3.63) is 11.5 Å². The zero-order valence-corrected chi connectivity index (χ0v) is 5.55. The molecule has 9 heavy (non-hydrogen) atoms. The van der Waals surface area contributed by atoms with Crippen LogP contribution < -0.4 is 0 Å². The van der Waals surface area contributed by atoms with Gasteiger partial charge in [-0.05, 0) is 0 Å². The Hall–Kier alpha value is -0.840. The molecule has 1 amide bonds. The summed E-state index contributed by atoms with van der Waals surface area (Å²) in [5.41, 5.74) is 0. The normalized spacial score (nSPS) is 23.2. The first-order valence-electron chi connectivity index (χ1n) is 2.25. The third-order valence-electron chi connectivity index (χ3n) is 1.07. The number of carbonyl (C=O) groups is 1. The van der Waals surface area contributed by atoms with Crippen molar-refractivity contribution in [2.24, 2.45) is 0 Å². The largest absolute Gasteiger partial charge is 0.269 e. The van der Waals surface area contributed by atoms with Gasteiger partial charge >= 0.3 is 0 Å². The fourth-order valence-electron chi connectivity index (χ4n) is 0.466. The van der Waals surface area contributed by atoms with Crippen LogP contribution in [-0.2, 0) is 14.8 Å². The van der Waals surface area contributed by atoms with Crippen LogP contribution in [0.15, 0.2) is 11.5 Å². The lowest BCUT2D eigenvalue weighted by Gasteiger charge is -2.04. The molecule has 4 nitrogen and oxygen atoms in total. The summed E-state index contributed by atoms with van der Waals surface area (Å²) < 4.78 is 21.9. The molecule has 0 aromatic heterocycles. The maximum Gasteiger partial charge on any atom is 0.260 e. The molecule has 0 aromatic rings. The molecule has 0 saturated carbocycles. The highest BCUT2D eigenvalue weighted by atomic mass is 32.2. The Morgan fingerprint density at radius 2 is 2.11 bits per heavy atom. The smallest absolute Gasteiger partial charge is 0.260 e. The Balaban J connectivity index is 3.15. The number of hydrogen-bond acceptors (Lipinski definition) is 3. The quantitative estimate of drug-likeness (QED) is 0.455. The molecule has 0 saturated heterocycles. The number of rotatable bonds is 0. The standard InChI is InChI=1S/C4H5NO3S/c1-5-4(6)2-3-9(5,7)8/h2-3H,1H3. The van der Waals surface area contributed by atoms with Crippen molar-refractivity contribution in [3.63, 3.8) is 0 Å². The Kier molecular flexibility index (Phi) is 1.10. The molecule has 0 aliphatic carbocycles. The van der Waals surface area contributed by atoms with Crippen LogP contribution in [0, 0.1) is 0 Å².